The second-order valence-corrected chi connectivity index (χ2v) is 5.02. The molecule has 0 radical (unpaired) electrons. The zero-order valence-electron chi connectivity index (χ0n) is 10.3. The molecule has 4 nitrogen and oxygen atoms in total. The maximum atomic E-state index is 12.4. The van der Waals surface area contributed by atoms with Gasteiger partial charge in [-0.15, -0.1) is 0 Å². The molecule has 1 fully saturated rings. The van der Waals surface area contributed by atoms with E-state index in [2.05, 4.69) is 4.98 Å². The summed E-state index contributed by atoms with van der Waals surface area (Å²) in [4.78, 5) is 18.4. The van der Waals surface area contributed by atoms with Crippen LogP contribution in [0.3, 0.4) is 0 Å². The Morgan fingerprint density at radius 1 is 1.50 bits per heavy atom. The van der Waals surface area contributed by atoms with Crippen LogP contribution in [0.15, 0.2) is 18.3 Å². The van der Waals surface area contributed by atoms with Crippen LogP contribution in [-0.4, -0.2) is 34.9 Å². The zero-order valence-corrected chi connectivity index (χ0v) is 11.1. The highest BCUT2D eigenvalue weighted by atomic mass is 35.5. The lowest BCUT2D eigenvalue weighted by atomic mass is 9.99. The minimum Gasteiger partial charge on any atom is -0.334 e. The van der Waals surface area contributed by atoms with E-state index >= 15 is 0 Å². The minimum atomic E-state index is -0.00943. The fourth-order valence-corrected chi connectivity index (χ4v) is 2.52. The van der Waals surface area contributed by atoms with Gasteiger partial charge in [-0.2, -0.15) is 0 Å². The van der Waals surface area contributed by atoms with E-state index in [9.17, 15) is 4.79 Å². The molecule has 0 spiro atoms. The lowest BCUT2D eigenvalue weighted by Gasteiger charge is -2.35. The quantitative estimate of drug-likeness (QED) is 0.912. The van der Waals surface area contributed by atoms with Crippen LogP contribution in [0.2, 0.25) is 5.02 Å². The number of pyridine rings is 1. The van der Waals surface area contributed by atoms with Crippen LogP contribution < -0.4 is 5.73 Å². The molecule has 1 amide bonds. The zero-order chi connectivity index (χ0) is 13.0. The van der Waals surface area contributed by atoms with E-state index in [1.165, 1.54) is 12.6 Å². The third-order valence-corrected chi connectivity index (χ3v) is 3.56. The lowest BCUT2D eigenvalue weighted by molar-refractivity contribution is 0.0599. The molecule has 98 valence electrons. The van der Waals surface area contributed by atoms with Gasteiger partial charge in [0.2, 0.25) is 0 Å². The second-order valence-electron chi connectivity index (χ2n) is 4.59. The molecule has 2 N–H and O–H groups in total. The predicted molar refractivity (Wildman–Crippen MR) is 71.6 cm³/mol. The third kappa shape index (κ3) is 3.00. The smallest absolute Gasteiger partial charge is 0.272 e. The van der Waals surface area contributed by atoms with Crippen molar-refractivity contribution in [1.29, 1.82) is 0 Å². The van der Waals surface area contributed by atoms with Gasteiger partial charge in [-0.3, -0.25) is 4.79 Å². The standard InChI is InChI=1S/C13H18ClN3O/c14-10-4-5-12(16-9-10)13(18)17-8-2-1-3-11(17)6-7-15/h4-5,9,11H,1-3,6-8,15H2. The average Bonchev–Trinajstić information content (AvgIpc) is 2.40. The molecule has 1 unspecified atom stereocenters. The molecule has 2 rings (SSSR count). The van der Waals surface area contributed by atoms with Crippen molar-refractivity contribution in [2.24, 2.45) is 5.73 Å². The van der Waals surface area contributed by atoms with Gasteiger partial charge >= 0.3 is 0 Å². The first-order valence-corrected chi connectivity index (χ1v) is 6.73. The number of amides is 1. The van der Waals surface area contributed by atoms with Gasteiger partial charge in [0.15, 0.2) is 0 Å². The van der Waals surface area contributed by atoms with Crippen LogP contribution >= 0.6 is 11.6 Å². The molecule has 5 heteroatoms. The summed E-state index contributed by atoms with van der Waals surface area (Å²) in [6.45, 7) is 1.41. The van der Waals surface area contributed by atoms with Crippen molar-refractivity contribution in [3.63, 3.8) is 0 Å². The Labute approximate surface area is 112 Å². The number of hydrogen-bond acceptors (Lipinski definition) is 3. The summed E-state index contributed by atoms with van der Waals surface area (Å²) in [7, 11) is 0. The van der Waals surface area contributed by atoms with Crippen LogP contribution in [0.1, 0.15) is 36.2 Å². The summed E-state index contributed by atoms with van der Waals surface area (Å²) in [6, 6.07) is 3.64. The topological polar surface area (TPSA) is 59.2 Å². The molecule has 18 heavy (non-hydrogen) atoms. The van der Waals surface area contributed by atoms with Gasteiger partial charge in [-0.05, 0) is 44.4 Å². The molecule has 1 atom stereocenters. The maximum Gasteiger partial charge on any atom is 0.272 e. The van der Waals surface area contributed by atoms with Crippen LogP contribution in [0, 0.1) is 0 Å². The van der Waals surface area contributed by atoms with Crippen molar-refractivity contribution in [1.82, 2.24) is 9.88 Å². The normalized spacial score (nSPS) is 19.9. The van der Waals surface area contributed by atoms with Crippen molar-refractivity contribution in [2.45, 2.75) is 31.7 Å². The molecule has 1 aliphatic rings. The van der Waals surface area contributed by atoms with E-state index < -0.39 is 0 Å². The van der Waals surface area contributed by atoms with Gasteiger partial charge < -0.3 is 10.6 Å². The van der Waals surface area contributed by atoms with Crippen molar-refractivity contribution in [3.8, 4) is 0 Å². The number of nitrogens with zero attached hydrogens (tertiary/aromatic N) is 2. The molecule has 1 saturated heterocycles. The Morgan fingerprint density at radius 2 is 2.33 bits per heavy atom. The highest BCUT2D eigenvalue weighted by molar-refractivity contribution is 6.30. The van der Waals surface area contributed by atoms with E-state index in [0.717, 1.165) is 25.8 Å². The fourth-order valence-electron chi connectivity index (χ4n) is 2.41. The predicted octanol–water partition coefficient (Wildman–Crippen LogP) is 2.08. The number of rotatable bonds is 3. The van der Waals surface area contributed by atoms with Crippen molar-refractivity contribution >= 4 is 17.5 Å². The Kier molecular flexibility index (Phi) is 4.55. The summed E-state index contributed by atoms with van der Waals surface area (Å²) >= 11 is 5.78. The van der Waals surface area contributed by atoms with Gasteiger partial charge in [0, 0.05) is 18.8 Å². The molecule has 1 aliphatic heterocycles. The van der Waals surface area contributed by atoms with Gasteiger partial charge in [0.05, 0.1) is 5.02 Å². The number of carbonyl (C=O) groups is 1. The Morgan fingerprint density at radius 3 is 3.00 bits per heavy atom. The molecule has 1 aromatic heterocycles. The lowest BCUT2D eigenvalue weighted by Crippen LogP contribution is -2.44. The minimum absolute atomic E-state index is 0.00943. The Hall–Kier alpha value is -1.13. The highest BCUT2D eigenvalue weighted by Gasteiger charge is 2.27. The summed E-state index contributed by atoms with van der Waals surface area (Å²) in [5, 5.41) is 0.545. The number of aromatic nitrogens is 1. The van der Waals surface area contributed by atoms with E-state index in [1.54, 1.807) is 12.1 Å². The summed E-state index contributed by atoms with van der Waals surface area (Å²) in [5.41, 5.74) is 6.07. The van der Waals surface area contributed by atoms with Gasteiger partial charge in [-0.1, -0.05) is 11.6 Å². The van der Waals surface area contributed by atoms with Crippen molar-refractivity contribution < 1.29 is 4.79 Å². The van der Waals surface area contributed by atoms with E-state index in [4.69, 9.17) is 17.3 Å². The number of piperidine rings is 1. The molecule has 1 aromatic rings. The third-order valence-electron chi connectivity index (χ3n) is 3.33. The molecule has 2 heterocycles. The molecule has 0 aliphatic carbocycles. The largest absolute Gasteiger partial charge is 0.334 e. The van der Waals surface area contributed by atoms with Crippen LogP contribution in [-0.2, 0) is 0 Å². The van der Waals surface area contributed by atoms with Crippen molar-refractivity contribution in [3.05, 3.63) is 29.0 Å². The summed E-state index contributed by atoms with van der Waals surface area (Å²) < 4.78 is 0. The Bertz CT molecular complexity index is 405. The number of hydrogen-bond donors (Lipinski definition) is 1. The number of nitrogens with two attached hydrogens (primary N) is 1. The van der Waals surface area contributed by atoms with Gasteiger partial charge in [0.25, 0.3) is 5.91 Å². The first-order chi connectivity index (χ1) is 8.72. The van der Waals surface area contributed by atoms with Gasteiger partial charge in [0.1, 0.15) is 5.69 Å². The van der Waals surface area contributed by atoms with E-state index in [1.807, 2.05) is 4.90 Å². The summed E-state index contributed by atoms with van der Waals surface area (Å²) in [6.07, 6.45) is 5.63. The maximum absolute atomic E-state index is 12.4. The number of carbonyl (C=O) groups excluding carboxylic acids is 1. The van der Waals surface area contributed by atoms with Crippen molar-refractivity contribution in [2.75, 3.05) is 13.1 Å². The number of halogens is 1. The second kappa shape index (κ2) is 6.16. The van der Waals surface area contributed by atoms with Crippen LogP contribution in [0.5, 0.6) is 0 Å². The van der Waals surface area contributed by atoms with Crippen LogP contribution in [0.25, 0.3) is 0 Å². The molecule has 0 aromatic carbocycles. The molecule has 0 bridgehead atoms. The monoisotopic (exact) mass is 267 g/mol. The first-order valence-electron chi connectivity index (χ1n) is 6.35. The average molecular weight is 268 g/mol. The fraction of sp³-hybridized carbons (Fsp3) is 0.538. The SMILES string of the molecule is NCCC1CCCCN1C(=O)c1ccc(Cl)cn1. The number of likely N-dealkylation sites (tertiary alicyclic amines) is 1. The molecule has 0 saturated carbocycles. The summed E-state index contributed by atoms with van der Waals surface area (Å²) in [5.74, 6) is -0.00943. The van der Waals surface area contributed by atoms with E-state index in [0.29, 0.717) is 17.3 Å². The van der Waals surface area contributed by atoms with E-state index in [-0.39, 0.29) is 11.9 Å². The first kappa shape index (κ1) is 13.3. The Balaban J connectivity index is 2.12. The molecular weight excluding hydrogens is 250 g/mol. The van der Waals surface area contributed by atoms with Crippen LogP contribution in [0.4, 0.5) is 0 Å². The highest BCUT2D eigenvalue weighted by Crippen LogP contribution is 2.21. The van der Waals surface area contributed by atoms with Gasteiger partial charge in [-0.25, -0.2) is 4.98 Å². The molecular formula is C13H18ClN3O.